The summed E-state index contributed by atoms with van der Waals surface area (Å²) < 4.78 is 5.82. The molecule has 3 N–H and O–H groups in total. The summed E-state index contributed by atoms with van der Waals surface area (Å²) in [7, 11) is 0. The van der Waals surface area contributed by atoms with Gasteiger partial charge < -0.3 is 20.5 Å². The molecule has 1 aromatic carbocycles. The summed E-state index contributed by atoms with van der Waals surface area (Å²) in [5, 5.41) is 25.0. The number of nitriles is 1. The lowest BCUT2D eigenvalue weighted by molar-refractivity contribution is -0.140. The number of thioether (sulfide) groups is 1. The summed E-state index contributed by atoms with van der Waals surface area (Å²) in [5.41, 5.74) is -2.04. The number of thiocarbonyl (C=S) groups is 1. The lowest BCUT2D eigenvalue weighted by Crippen LogP contribution is -2.51. The number of aliphatic carboxylic acids is 1. The Hall–Kier alpha value is -2.64. The van der Waals surface area contributed by atoms with Crippen molar-refractivity contribution in [2.45, 2.75) is 78.7 Å². The number of ether oxygens (including phenoxy) is 1. The van der Waals surface area contributed by atoms with E-state index in [4.69, 9.17) is 17.0 Å². The molecule has 0 saturated heterocycles. The molecule has 0 radical (unpaired) electrons. The van der Waals surface area contributed by atoms with Crippen molar-refractivity contribution in [1.29, 1.82) is 5.26 Å². The molecule has 0 aliphatic carbocycles. The Labute approximate surface area is 236 Å². The van der Waals surface area contributed by atoms with Crippen LogP contribution in [-0.2, 0) is 14.3 Å². The fourth-order valence-corrected chi connectivity index (χ4v) is 5.15. The Bertz CT molecular complexity index is 990. The zero-order chi connectivity index (χ0) is 28.8. The highest BCUT2D eigenvalue weighted by Gasteiger charge is 2.50. The maximum atomic E-state index is 13.5. The number of nitrogens with zero attached hydrogens (tertiary/aromatic N) is 1. The summed E-state index contributed by atoms with van der Waals surface area (Å²) in [4.78, 5) is 36.4. The first-order chi connectivity index (χ1) is 17.7. The summed E-state index contributed by atoms with van der Waals surface area (Å²) >= 11 is 6.89. The molecular weight excluding hydrogens is 522 g/mol. The van der Waals surface area contributed by atoms with Crippen molar-refractivity contribution in [3.8, 4) is 6.07 Å². The van der Waals surface area contributed by atoms with Crippen molar-refractivity contribution < 1.29 is 24.2 Å². The fraction of sp³-hybridized carbons (Fsp3) is 0.607. The largest absolute Gasteiger partial charge is 0.481 e. The van der Waals surface area contributed by atoms with Crippen molar-refractivity contribution >= 4 is 46.1 Å². The lowest BCUT2D eigenvalue weighted by atomic mass is 9.64. The minimum atomic E-state index is -1.21. The van der Waals surface area contributed by atoms with Gasteiger partial charge in [0, 0.05) is 25.3 Å². The molecule has 1 rings (SSSR count). The van der Waals surface area contributed by atoms with Crippen LogP contribution in [0.15, 0.2) is 30.3 Å². The van der Waals surface area contributed by atoms with E-state index in [0.29, 0.717) is 17.3 Å². The van der Waals surface area contributed by atoms with Gasteiger partial charge in [-0.1, -0.05) is 55.4 Å². The van der Waals surface area contributed by atoms with Gasteiger partial charge in [-0.15, -0.1) is 11.8 Å². The molecule has 2 amide bonds. The van der Waals surface area contributed by atoms with Crippen molar-refractivity contribution in [3.63, 3.8) is 0 Å². The van der Waals surface area contributed by atoms with Crippen molar-refractivity contribution in [3.05, 3.63) is 35.9 Å². The SMILES string of the molecule is CC(C)(C)OC(=O)NCCCCCCNC(=O)C(C)(CSC(=S)c1ccccc1)C(C)(C#N)CCC(=O)O. The Balaban J connectivity index is 2.69. The van der Waals surface area contributed by atoms with Crippen molar-refractivity contribution in [2.75, 3.05) is 18.8 Å². The topological polar surface area (TPSA) is 129 Å². The van der Waals surface area contributed by atoms with E-state index in [1.807, 2.05) is 51.1 Å². The normalized spacial score (nSPS) is 14.3. The van der Waals surface area contributed by atoms with Crippen LogP contribution >= 0.6 is 24.0 Å². The third-order valence-corrected chi connectivity index (χ3v) is 8.17. The van der Waals surface area contributed by atoms with Gasteiger partial charge in [0.05, 0.1) is 21.1 Å². The minimum Gasteiger partial charge on any atom is -0.481 e. The molecule has 0 heterocycles. The number of benzene rings is 1. The molecule has 0 bridgehead atoms. The van der Waals surface area contributed by atoms with E-state index in [2.05, 4.69) is 16.7 Å². The van der Waals surface area contributed by atoms with Crippen molar-refractivity contribution in [1.82, 2.24) is 10.6 Å². The van der Waals surface area contributed by atoms with Gasteiger partial charge >= 0.3 is 12.1 Å². The molecule has 0 fully saturated rings. The number of alkyl carbamates (subject to hydrolysis) is 1. The molecule has 2 atom stereocenters. The zero-order valence-electron chi connectivity index (χ0n) is 23.1. The van der Waals surface area contributed by atoms with E-state index in [1.165, 1.54) is 11.8 Å². The van der Waals surface area contributed by atoms with Gasteiger partial charge in [-0.3, -0.25) is 9.59 Å². The van der Waals surface area contributed by atoms with E-state index in [1.54, 1.807) is 13.8 Å². The third kappa shape index (κ3) is 11.4. The predicted molar refractivity (Wildman–Crippen MR) is 155 cm³/mol. The van der Waals surface area contributed by atoms with Crippen molar-refractivity contribution in [2.24, 2.45) is 10.8 Å². The summed E-state index contributed by atoms with van der Waals surface area (Å²) in [6.45, 7) is 9.76. The smallest absolute Gasteiger partial charge is 0.407 e. The number of unbranched alkanes of at least 4 members (excludes halogenated alkanes) is 3. The van der Waals surface area contributed by atoms with Gasteiger partial charge in [0.1, 0.15) is 5.60 Å². The molecule has 1 aromatic rings. The molecule has 0 spiro atoms. The fourth-order valence-electron chi connectivity index (χ4n) is 3.66. The second-order valence-corrected chi connectivity index (χ2v) is 12.4. The Morgan fingerprint density at radius 2 is 1.58 bits per heavy atom. The first-order valence-corrected chi connectivity index (χ1v) is 14.2. The van der Waals surface area contributed by atoms with E-state index in [9.17, 15) is 24.8 Å². The second-order valence-electron chi connectivity index (χ2n) is 10.7. The number of hydrogen-bond acceptors (Lipinski definition) is 7. The zero-order valence-corrected chi connectivity index (χ0v) is 24.7. The second kappa shape index (κ2) is 15.7. The standard InChI is InChI=1S/C28H41N3O5S2/c1-26(2,3)36-25(35)31-18-12-7-6-11-17-30-24(34)28(5,27(4,19-29)16-15-22(32)33)20-38-23(37)21-13-9-8-10-14-21/h8-10,13-14H,6-7,11-12,15-18,20H2,1-5H3,(H,30,34)(H,31,35)(H,32,33). The molecule has 0 aliphatic heterocycles. The Kier molecular flexibility index (Phi) is 13.8. The average Bonchev–Trinajstić information content (AvgIpc) is 2.86. The highest BCUT2D eigenvalue weighted by molar-refractivity contribution is 8.23. The van der Waals surface area contributed by atoms with E-state index in [-0.39, 0.29) is 24.5 Å². The van der Waals surface area contributed by atoms with E-state index in [0.717, 1.165) is 31.2 Å². The highest BCUT2D eigenvalue weighted by Crippen LogP contribution is 2.45. The van der Waals surface area contributed by atoms with Gasteiger partial charge in [-0.2, -0.15) is 5.26 Å². The third-order valence-electron chi connectivity index (χ3n) is 6.36. The van der Waals surface area contributed by atoms with Gasteiger partial charge in [-0.25, -0.2) is 4.79 Å². The number of carbonyl (C=O) groups is 3. The first-order valence-electron chi connectivity index (χ1n) is 12.8. The van der Waals surface area contributed by atoms with Crippen LogP contribution in [0.2, 0.25) is 0 Å². The number of rotatable bonds is 15. The molecule has 210 valence electrons. The number of nitrogens with one attached hydrogen (secondary N) is 2. The van der Waals surface area contributed by atoms with Crippen LogP contribution in [0.25, 0.3) is 0 Å². The molecule has 8 nitrogen and oxygen atoms in total. The van der Waals surface area contributed by atoms with Crippen LogP contribution in [0.5, 0.6) is 0 Å². The number of hydrogen-bond donors (Lipinski definition) is 3. The van der Waals surface area contributed by atoms with Crippen LogP contribution in [0.4, 0.5) is 4.79 Å². The molecule has 0 aliphatic rings. The van der Waals surface area contributed by atoms with Gasteiger partial charge in [0.25, 0.3) is 0 Å². The molecular formula is C28H41N3O5S2. The quantitative estimate of drug-likeness (QED) is 0.183. The summed E-state index contributed by atoms with van der Waals surface area (Å²) in [5.74, 6) is -1.06. The predicted octanol–water partition coefficient (Wildman–Crippen LogP) is 5.70. The molecule has 0 aromatic heterocycles. The number of amides is 2. The molecule has 38 heavy (non-hydrogen) atoms. The first kappa shape index (κ1) is 33.4. The Morgan fingerprint density at radius 1 is 1.00 bits per heavy atom. The van der Waals surface area contributed by atoms with Crippen LogP contribution in [0.1, 0.15) is 78.7 Å². The number of carboxylic acids is 1. The van der Waals surface area contributed by atoms with Crippen LogP contribution in [0, 0.1) is 22.2 Å². The monoisotopic (exact) mass is 563 g/mol. The molecule has 0 saturated carbocycles. The minimum absolute atomic E-state index is 0.0477. The van der Waals surface area contributed by atoms with Crippen LogP contribution < -0.4 is 10.6 Å². The van der Waals surface area contributed by atoms with E-state index >= 15 is 0 Å². The van der Waals surface area contributed by atoms with Crippen LogP contribution in [-0.4, -0.2) is 51.7 Å². The van der Waals surface area contributed by atoms with Gasteiger partial charge in [0.15, 0.2) is 0 Å². The van der Waals surface area contributed by atoms with Crippen LogP contribution in [0.3, 0.4) is 0 Å². The summed E-state index contributed by atoms with van der Waals surface area (Å²) in [6.07, 6.45) is 2.66. The van der Waals surface area contributed by atoms with Gasteiger partial charge in [0.2, 0.25) is 5.91 Å². The maximum absolute atomic E-state index is 13.5. The average molecular weight is 564 g/mol. The number of carbonyl (C=O) groups excluding carboxylic acids is 2. The lowest BCUT2D eigenvalue weighted by Gasteiger charge is -2.40. The maximum Gasteiger partial charge on any atom is 0.407 e. The van der Waals surface area contributed by atoms with Gasteiger partial charge in [-0.05, 0) is 59.4 Å². The highest BCUT2D eigenvalue weighted by atomic mass is 32.2. The molecule has 10 heteroatoms. The summed E-state index contributed by atoms with van der Waals surface area (Å²) in [6, 6.07) is 11.7. The van der Waals surface area contributed by atoms with E-state index < -0.39 is 28.5 Å². The number of carboxylic acid groups (broad SMARTS) is 1. The Morgan fingerprint density at radius 3 is 2.11 bits per heavy atom. The molecule has 2 unspecified atom stereocenters.